The minimum atomic E-state index is -5.97. The van der Waals surface area contributed by atoms with E-state index in [0.29, 0.717) is 55.6 Å². The number of benzene rings is 2. The van der Waals surface area contributed by atoms with E-state index in [-0.39, 0.29) is 18.2 Å². The fraction of sp³-hybridized carbons (Fsp3) is 0.500. The summed E-state index contributed by atoms with van der Waals surface area (Å²) in [5, 5.41) is 22.3. The Balaban J connectivity index is 1.50. The molecule has 1 saturated heterocycles. The number of aliphatic hydroxyl groups is 2. The lowest BCUT2D eigenvalue weighted by Crippen LogP contribution is -2.53. The van der Waals surface area contributed by atoms with Crippen molar-refractivity contribution in [2.24, 2.45) is 5.92 Å². The molecule has 1 aliphatic heterocycles. The van der Waals surface area contributed by atoms with Crippen molar-refractivity contribution in [1.82, 2.24) is 10.2 Å². The van der Waals surface area contributed by atoms with Gasteiger partial charge in [-0.15, -0.1) is 0 Å². The van der Waals surface area contributed by atoms with Crippen LogP contribution in [0, 0.1) is 11.7 Å². The second kappa shape index (κ2) is 12.6. The summed E-state index contributed by atoms with van der Waals surface area (Å²) in [7, 11) is 0. The number of nitrogens with zero attached hydrogens (tertiary/aromatic N) is 1. The number of aliphatic hydroxyl groups excluding tert-OH is 1. The van der Waals surface area contributed by atoms with E-state index >= 15 is 0 Å². The fourth-order valence-electron chi connectivity index (χ4n) is 4.54. The molecule has 0 saturated carbocycles. The van der Waals surface area contributed by atoms with E-state index < -0.39 is 54.2 Å². The average molecular weight is 620 g/mol. The van der Waals surface area contributed by atoms with Crippen LogP contribution in [0.5, 0.6) is 0 Å². The van der Waals surface area contributed by atoms with Crippen LogP contribution in [-0.4, -0.2) is 65.4 Å². The molecule has 0 bridgehead atoms. The molecule has 0 spiro atoms. The summed E-state index contributed by atoms with van der Waals surface area (Å²) in [6.45, 7) is 0.236. The minimum absolute atomic E-state index is 0.127. The zero-order chi connectivity index (χ0) is 31.5. The molecule has 6 nitrogen and oxygen atoms in total. The van der Waals surface area contributed by atoms with E-state index in [9.17, 15) is 53.8 Å². The molecule has 42 heavy (non-hydrogen) atoms. The monoisotopic (exact) mass is 619 g/mol. The van der Waals surface area contributed by atoms with Gasteiger partial charge in [0.2, 0.25) is 0 Å². The number of urea groups is 1. The highest BCUT2D eigenvalue weighted by Gasteiger charge is 2.71. The number of anilines is 1. The van der Waals surface area contributed by atoms with Crippen molar-refractivity contribution >= 4 is 11.7 Å². The zero-order valence-electron chi connectivity index (χ0n) is 21.7. The van der Waals surface area contributed by atoms with Crippen molar-refractivity contribution < 1.29 is 58.9 Å². The van der Waals surface area contributed by atoms with Crippen LogP contribution in [0.1, 0.15) is 29.5 Å². The van der Waals surface area contributed by atoms with Crippen molar-refractivity contribution in [3.63, 3.8) is 0 Å². The molecule has 1 unspecified atom stereocenters. The van der Waals surface area contributed by atoms with Gasteiger partial charge >= 0.3 is 24.6 Å². The average Bonchev–Trinajstić information content (AvgIpc) is 2.88. The number of rotatable bonds is 8. The van der Waals surface area contributed by atoms with Gasteiger partial charge in [-0.3, -0.25) is 4.90 Å². The molecule has 2 aromatic carbocycles. The van der Waals surface area contributed by atoms with E-state index in [2.05, 4.69) is 5.32 Å². The fourth-order valence-corrected chi connectivity index (χ4v) is 4.54. The van der Waals surface area contributed by atoms with Gasteiger partial charge in [-0.05, 0) is 61.5 Å². The summed E-state index contributed by atoms with van der Waals surface area (Å²) in [4.78, 5) is 13.7. The standard InChI is InChI=1S/C26H27F10N3O3/c27-19-12-17(3-6-20(19)38-22(41)37-13-21(40)24(28,29)30)11-15-7-9-39(10-8-15)14-16-1-4-18(5-2-16)23(42,25(31,32)33)26(34,35)36/h1-6,12,15,21,40,42H,7-11,13-14H2,(H2,37,38,41). The predicted molar refractivity (Wildman–Crippen MR) is 130 cm³/mol. The van der Waals surface area contributed by atoms with Gasteiger partial charge in [0.25, 0.3) is 5.60 Å². The van der Waals surface area contributed by atoms with E-state index in [1.54, 1.807) is 11.4 Å². The number of piperidine rings is 1. The topological polar surface area (TPSA) is 84.8 Å². The van der Waals surface area contributed by atoms with Crippen molar-refractivity contribution in [3.8, 4) is 0 Å². The van der Waals surface area contributed by atoms with E-state index in [1.807, 2.05) is 4.90 Å². The minimum Gasteiger partial charge on any atom is -0.382 e. The molecule has 1 fully saturated rings. The normalized spacial score (nSPS) is 16.8. The van der Waals surface area contributed by atoms with Crippen LogP contribution in [0.4, 0.5) is 54.4 Å². The third-order valence-electron chi connectivity index (χ3n) is 6.95. The number of amides is 2. The van der Waals surface area contributed by atoms with Gasteiger partial charge in [-0.2, -0.15) is 39.5 Å². The number of hydrogen-bond donors (Lipinski definition) is 4. The molecule has 3 rings (SSSR count). The van der Waals surface area contributed by atoms with Crippen LogP contribution in [-0.2, 0) is 18.6 Å². The summed E-state index contributed by atoms with van der Waals surface area (Å²) >= 11 is 0. The van der Waals surface area contributed by atoms with Crippen LogP contribution >= 0.6 is 0 Å². The largest absolute Gasteiger partial charge is 0.430 e. The molecule has 1 atom stereocenters. The molecule has 0 aliphatic carbocycles. The maximum absolute atomic E-state index is 14.5. The van der Waals surface area contributed by atoms with Gasteiger partial charge in [0.15, 0.2) is 6.10 Å². The van der Waals surface area contributed by atoms with Crippen LogP contribution in [0.3, 0.4) is 0 Å². The lowest BCUT2D eigenvalue weighted by Gasteiger charge is -2.33. The Bertz CT molecular complexity index is 1190. The van der Waals surface area contributed by atoms with E-state index in [1.165, 1.54) is 12.1 Å². The Morgan fingerprint density at radius 2 is 1.45 bits per heavy atom. The van der Waals surface area contributed by atoms with Crippen LogP contribution < -0.4 is 10.6 Å². The van der Waals surface area contributed by atoms with Gasteiger partial charge in [0.05, 0.1) is 12.2 Å². The number of hydrogen-bond acceptors (Lipinski definition) is 4. The van der Waals surface area contributed by atoms with Crippen molar-refractivity contribution in [3.05, 3.63) is 65.0 Å². The smallest absolute Gasteiger partial charge is 0.382 e. The molecule has 0 aromatic heterocycles. The first-order valence-electron chi connectivity index (χ1n) is 12.6. The molecule has 16 heteroatoms. The lowest BCUT2D eigenvalue weighted by molar-refractivity contribution is -0.376. The van der Waals surface area contributed by atoms with Crippen LogP contribution in [0.15, 0.2) is 42.5 Å². The number of carbonyl (C=O) groups is 1. The SMILES string of the molecule is O=C(NCC(O)C(F)(F)F)Nc1ccc(CC2CCN(Cc3ccc(C(O)(C(F)(F)F)C(F)(F)F)cc3)CC2)cc1F. The van der Waals surface area contributed by atoms with Gasteiger partial charge in [-0.25, -0.2) is 9.18 Å². The second-order valence-corrected chi connectivity index (χ2v) is 10.0. The Kier molecular flexibility index (Phi) is 10.0. The summed E-state index contributed by atoms with van der Waals surface area (Å²) in [5.41, 5.74) is -5.55. The van der Waals surface area contributed by atoms with Gasteiger partial charge in [-0.1, -0.05) is 30.3 Å². The molecule has 1 aliphatic rings. The van der Waals surface area contributed by atoms with Crippen LogP contribution in [0.2, 0.25) is 0 Å². The Morgan fingerprint density at radius 1 is 0.905 bits per heavy atom. The molecular weight excluding hydrogens is 592 g/mol. The summed E-state index contributed by atoms with van der Waals surface area (Å²) in [6.07, 6.45) is -17.8. The first kappa shape index (κ1) is 33.4. The number of nitrogens with one attached hydrogen (secondary N) is 2. The Morgan fingerprint density at radius 3 is 1.95 bits per heavy atom. The summed E-state index contributed by atoms with van der Waals surface area (Å²) < 4.78 is 130. The molecule has 2 aromatic rings. The molecular formula is C26H27F10N3O3. The Labute approximate surface area is 233 Å². The maximum Gasteiger partial charge on any atom is 0.430 e. The quantitative estimate of drug-likeness (QED) is 0.289. The number of alkyl halides is 9. The molecule has 1 heterocycles. The third-order valence-corrected chi connectivity index (χ3v) is 6.95. The van der Waals surface area contributed by atoms with Crippen molar-refractivity contribution in [2.75, 3.05) is 25.0 Å². The van der Waals surface area contributed by atoms with Crippen molar-refractivity contribution in [1.29, 1.82) is 0 Å². The van der Waals surface area contributed by atoms with Crippen LogP contribution in [0.25, 0.3) is 0 Å². The first-order valence-corrected chi connectivity index (χ1v) is 12.6. The summed E-state index contributed by atoms with van der Waals surface area (Å²) in [5.74, 6) is -0.689. The summed E-state index contributed by atoms with van der Waals surface area (Å²) in [6, 6.07) is 6.24. The maximum atomic E-state index is 14.5. The highest BCUT2D eigenvalue weighted by atomic mass is 19.4. The molecule has 4 N–H and O–H groups in total. The first-order chi connectivity index (χ1) is 19.3. The number of carbonyl (C=O) groups excluding carboxylic acids is 1. The number of halogens is 10. The van der Waals surface area contributed by atoms with Crippen molar-refractivity contribution in [2.45, 2.75) is 56.0 Å². The van der Waals surface area contributed by atoms with E-state index in [0.717, 1.165) is 12.1 Å². The van der Waals surface area contributed by atoms with Gasteiger partial charge < -0.3 is 20.8 Å². The molecule has 234 valence electrons. The van der Waals surface area contributed by atoms with Gasteiger partial charge in [0.1, 0.15) is 5.82 Å². The number of likely N-dealkylation sites (tertiary alicyclic amines) is 1. The zero-order valence-corrected chi connectivity index (χ0v) is 21.7. The molecule has 0 radical (unpaired) electrons. The Hall–Kier alpha value is -3.11. The predicted octanol–water partition coefficient (Wildman–Crippen LogP) is 5.64. The second-order valence-electron chi connectivity index (χ2n) is 10.0. The van der Waals surface area contributed by atoms with E-state index in [4.69, 9.17) is 5.11 Å². The third kappa shape index (κ3) is 8.04. The highest BCUT2D eigenvalue weighted by Crippen LogP contribution is 2.50. The van der Waals surface area contributed by atoms with Gasteiger partial charge in [0, 0.05) is 12.1 Å². The molecule has 2 amide bonds. The highest BCUT2D eigenvalue weighted by molar-refractivity contribution is 5.89. The lowest BCUT2D eigenvalue weighted by atomic mass is 9.89.